The average molecular weight is 508 g/mol. The Morgan fingerprint density at radius 1 is 1.25 bits per heavy atom. The highest BCUT2D eigenvalue weighted by molar-refractivity contribution is 6.32. The Hall–Kier alpha value is -3.18. The highest BCUT2D eigenvalue weighted by atomic mass is 35.5. The predicted octanol–water partition coefficient (Wildman–Crippen LogP) is 4.71. The number of methoxy groups -OCH3 is 1. The smallest absolute Gasteiger partial charge is 0.303 e. The summed E-state index contributed by atoms with van der Waals surface area (Å²) in [6.45, 7) is 2.13. The first-order chi connectivity index (χ1) is 17.4. The van der Waals surface area contributed by atoms with Crippen LogP contribution in [0, 0.1) is 17.3 Å². The molecule has 0 amide bonds. The van der Waals surface area contributed by atoms with E-state index >= 15 is 0 Å². The van der Waals surface area contributed by atoms with Crippen LogP contribution in [0.5, 0.6) is 5.75 Å². The Morgan fingerprint density at radius 3 is 2.75 bits per heavy atom. The fourth-order valence-electron chi connectivity index (χ4n) is 4.92. The van der Waals surface area contributed by atoms with E-state index < -0.39 is 12.1 Å². The molecule has 0 saturated carbocycles. The van der Waals surface area contributed by atoms with Gasteiger partial charge >= 0.3 is 5.97 Å². The van der Waals surface area contributed by atoms with E-state index in [4.69, 9.17) is 16.3 Å². The van der Waals surface area contributed by atoms with Gasteiger partial charge in [0, 0.05) is 23.3 Å². The molecule has 0 spiro atoms. The first kappa shape index (κ1) is 25.9. The van der Waals surface area contributed by atoms with E-state index in [1.54, 1.807) is 19.5 Å². The minimum atomic E-state index is -0.844. The summed E-state index contributed by atoms with van der Waals surface area (Å²) in [6, 6.07) is 11.1. The van der Waals surface area contributed by atoms with Crippen LogP contribution < -0.4 is 4.74 Å². The molecule has 3 aromatic rings. The molecule has 2 N–H and O–H groups in total. The van der Waals surface area contributed by atoms with E-state index in [-0.39, 0.29) is 11.8 Å². The van der Waals surface area contributed by atoms with Crippen molar-refractivity contribution in [3.63, 3.8) is 0 Å². The van der Waals surface area contributed by atoms with Crippen molar-refractivity contribution >= 4 is 28.5 Å². The minimum absolute atomic E-state index is 0.0752. The molecule has 1 aliphatic rings. The van der Waals surface area contributed by atoms with E-state index in [0.717, 1.165) is 42.5 Å². The standard InChI is InChI=1S/C28H30ClN3O4/c1-36-21-7-8-24-22(17-21)27(23(29)19-31-24)25(33)9-10-28(18-26(34)35)11-15-32(16-12-28)14-4-6-20-5-2-3-13-30-20/h2-3,5,7-8,13,17,19,25,33H,9-12,14-16,18H2,1H3,(H,34,35)/t25-/m0/s1. The quantitative estimate of drug-likeness (QED) is 0.426. The van der Waals surface area contributed by atoms with Crippen LogP contribution in [0.25, 0.3) is 10.9 Å². The molecule has 7 nitrogen and oxygen atoms in total. The van der Waals surface area contributed by atoms with Crippen LogP contribution >= 0.6 is 11.6 Å². The van der Waals surface area contributed by atoms with Gasteiger partial charge in [0.05, 0.1) is 36.7 Å². The van der Waals surface area contributed by atoms with E-state index in [1.807, 2.05) is 36.4 Å². The number of fused-ring (bicyclic) bond motifs is 1. The molecule has 1 atom stereocenters. The molecule has 8 heteroatoms. The molecule has 0 radical (unpaired) electrons. The lowest BCUT2D eigenvalue weighted by Gasteiger charge is -2.41. The SMILES string of the molecule is COc1ccc2ncc(Cl)c([C@@H](O)CCC3(CC(=O)O)CCN(CC#Cc4ccccn4)CC3)c2c1. The Balaban J connectivity index is 1.43. The van der Waals surface area contributed by atoms with Crippen molar-refractivity contribution in [3.05, 3.63) is 65.1 Å². The summed E-state index contributed by atoms with van der Waals surface area (Å²) in [4.78, 5) is 22.6. The number of carboxylic acids is 1. The monoisotopic (exact) mass is 507 g/mol. The lowest BCUT2D eigenvalue weighted by Crippen LogP contribution is -2.41. The fraction of sp³-hybridized carbons (Fsp3) is 0.393. The minimum Gasteiger partial charge on any atom is -0.497 e. The van der Waals surface area contributed by atoms with Gasteiger partial charge < -0.3 is 14.9 Å². The van der Waals surface area contributed by atoms with Crippen LogP contribution in [0.15, 0.2) is 48.8 Å². The van der Waals surface area contributed by atoms with Crippen LogP contribution in [0.3, 0.4) is 0 Å². The van der Waals surface area contributed by atoms with Crippen LogP contribution in [-0.4, -0.2) is 57.8 Å². The predicted molar refractivity (Wildman–Crippen MR) is 139 cm³/mol. The number of benzene rings is 1. The fourth-order valence-corrected chi connectivity index (χ4v) is 5.20. The number of aliphatic hydroxyl groups excluding tert-OH is 1. The molecule has 188 valence electrons. The number of pyridine rings is 2. The zero-order chi connectivity index (χ0) is 25.5. The highest BCUT2D eigenvalue weighted by Gasteiger charge is 2.37. The summed E-state index contributed by atoms with van der Waals surface area (Å²) in [6.07, 6.45) is 4.95. The van der Waals surface area contributed by atoms with Crippen molar-refractivity contribution < 1.29 is 19.7 Å². The summed E-state index contributed by atoms with van der Waals surface area (Å²) < 4.78 is 5.34. The lowest BCUT2D eigenvalue weighted by atomic mass is 9.71. The Bertz CT molecular complexity index is 1260. The first-order valence-electron chi connectivity index (χ1n) is 12.0. The second kappa shape index (κ2) is 11.7. The number of rotatable bonds is 8. The second-order valence-corrected chi connectivity index (χ2v) is 9.73. The molecular weight excluding hydrogens is 478 g/mol. The van der Waals surface area contributed by atoms with Crippen LogP contribution in [0.1, 0.15) is 49.5 Å². The topological polar surface area (TPSA) is 95.8 Å². The van der Waals surface area contributed by atoms with Gasteiger partial charge in [-0.05, 0) is 80.4 Å². The number of hydrogen-bond acceptors (Lipinski definition) is 6. The Labute approximate surface area is 216 Å². The number of aliphatic hydroxyl groups is 1. The first-order valence-corrected chi connectivity index (χ1v) is 12.4. The maximum atomic E-state index is 11.7. The number of likely N-dealkylation sites (tertiary alicyclic amines) is 1. The van der Waals surface area contributed by atoms with Crippen molar-refractivity contribution in [1.82, 2.24) is 14.9 Å². The van der Waals surface area contributed by atoms with Crippen molar-refractivity contribution in [2.24, 2.45) is 5.41 Å². The molecule has 3 heterocycles. The number of aliphatic carboxylic acids is 1. The zero-order valence-corrected chi connectivity index (χ0v) is 21.0. The van der Waals surface area contributed by atoms with E-state index in [1.165, 1.54) is 0 Å². The van der Waals surface area contributed by atoms with E-state index in [9.17, 15) is 15.0 Å². The number of carboxylic acid groups (broad SMARTS) is 1. The third-order valence-corrected chi connectivity index (χ3v) is 7.28. The summed E-state index contributed by atoms with van der Waals surface area (Å²) in [5.41, 5.74) is 1.68. The Kier molecular flexibility index (Phi) is 8.42. The van der Waals surface area contributed by atoms with Gasteiger partial charge in [-0.1, -0.05) is 23.6 Å². The van der Waals surface area contributed by atoms with E-state index in [0.29, 0.717) is 35.7 Å². The zero-order valence-electron chi connectivity index (χ0n) is 20.3. The van der Waals surface area contributed by atoms with Gasteiger partial charge in [0.15, 0.2) is 0 Å². The van der Waals surface area contributed by atoms with Crippen molar-refractivity contribution in [2.75, 3.05) is 26.7 Å². The largest absolute Gasteiger partial charge is 0.497 e. The molecule has 1 fully saturated rings. The van der Waals surface area contributed by atoms with Gasteiger partial charge in [0.1, 0.15) is 11.4 Å². The number of halogens is 1. The van der Waals surface area contributed by atoms with Crippen molar-refractivity contribution in [3.8, 4) is 17.6 Å². The molecular formula is C28H30ClN3O4. The van der Waals surface area contributed by atoms with Gasteiger partial charge in [0.25, 0.3) is 0 Å². The van der Waals surface area contributed by atoms with Crippen LogP contribution in [0.4, 0.5) is 0 Å². The summed E-state index contributed by atoms with van der Waals surface area (Å²) >= 11 is 6.46. The van der Waals surface area contributed by atoms with E-state index in [2.05, 4.69) is 26.7 Å². The molecule has 1 aromatic carbocycles. The second-order valence-electron chi connectivity index (χ2n) is 9.32. The molecule has 2 aromatic heterocycles. The van der Waals surface area contributed by atoms with Gasteiger partial charge in [-0.3, -0.25) is 14.7 Å². The maximum Gasteiger partial charge on any atom is 0.303 e. The molecule has 1 saturated heterocycles. The summed E-state index contributed by atoms with van der Waals surface area (Å²) in [5, 5.41) is 21.9. The number of hydrogen-bond donors (Lipinski definition) is 2. The van der Waals surface area contributed by atoms with Gasteiger partial charge in [-0.25, -0.2) is 4.98 Å². The number of carbonyl (C=O) groups is 1. The number of nitrogens with zero attached hydrogens (tertiary/aromatic N) is 3. The number of aromatic nitrogens is 2. The van der Waals surface area contributed by atoms with Gasteiger partial charge in [0.2, 0.25) is 0 Å². The van der Waals surface area contributed by atoms with Crippen LogP contribution in [0.2, 0.25) is 5.02 Å². The van der Waals surface area contributed by atoms with Crippen LogP contribution in [-0.2, 0) is 4.79 Å². The highest BCUT2D eigenvalue weighted by Crippen LogP contribution is 2.43. The summed E-state index contributed by atoms with van der Waals surface area (Å²) in [5.74, 6) is 6.08. The molecule has 4 rings (SSSR count). The lowest BCUT2D eigenvalue weighted by molar-refractivity contribution is -0.141. The molecule has 0 aliphatic carbocycles. The molecule has 36 heavy (non-hydrogen) atoms. The normalized spacial score (nSPS) is 16.2. The molecule has 1 aliphatic heterocycles. The average Bonchev–Trinajstić information content (AvgIpc) is 2.88. The Morgan fingerprint density at radius 2 is 2.06 bits per heavy atom. The third-order valence-electron chi connectivity index (χ3n) is 6.98. The number of ether oxygens (including phenoxy) is 1. The van der Waals surface area contributed by atoms with Crippen molar-refractivity contribution in [2.45, 2.75) is 38.2 Å². The number of piperidine rings is 1. The maximum absolute atomic E-state index is 11.7. The van der Waals surface area contributed by atoms with Gasteiger partial charge in [-0.2, -0.15) is 0 Å². The molecule has 0 bridgehead atoms. The molecule has 0 unspecified atom stereocenters. The van der Waals surface area contributed by atoms with Crippen molar-refractivity contribution in [1.29, 1.82) is 0 Å². The summed E-state index contributed by atoms with van der Waals surface area (Å²) in [7, 11) is 1.58. The van der Waals surface area contributed by atoms with Gasteiger partial charge in [-0.15, -0.1) is 0 Å². The third kappa shape index (κ3) is 6.33.